The molecule has 2 atom stereocenters. The Kier molecular flexibility index (Phi) is 27.8. The first kappa shape index (κ1) is 18.6. The molecule has 0 heterocycles. The zero-order valence-electron chi connectivity index (χ0n) is 7.62. The molecule has 0 aromatic rings. The third-order valence-corrected chi connectivity index (χ3v) is 1.73. The van der Waals surface area contributed by atoms with Crippen molar-refractivity contribution in [2.75, 3.05) is 12.3 Å². The van der Waals surface area contributed by atoms with Crippen molar-refractivity contribution in [2.45, 2.75) is 19.6 Å². The standard InChI is InChI=1S/2C2H7O2P.CH3.Al/c2*1-2-5(3)4;;/h2*5H,2H2,1H3,(H,3,4);1H3;/q;;;+2/p-2. The van der Waals surface area contributed by atoms with Gasteiger partial charge in [0.1, 0.15) is 0 Å². The summed E-state index contributed by atoms with van der Waals surface area (Å²) in [5, 5.41) is 0. The maximum absolute atomic E-state index is 9.44. The van der Waals surface area contributed by atoms with Crippen LogP contribution in [0.4, 0.5) is 0 Å². The molecule has 0 aliphatic rings. The minimum atomic E-state index is -2.37. The summed E-state index contributed by atoms with van der Waals surface area (Å²) in [6.45, 7) is 3.24. The molecule has 0 saturated heterocycles. The first-order chi connectivity index (χ1) is 5.54. The molecule has 12 heavy (non-hydrogen) atoms. The average molecular weight is 228 g/mol. The maximum atomic E-state index is 9.44. The van der Waals surface area contributed by atoms with Crippen molar-refractivity contribution in [1.29, 1.82) is 0 Å². The van der Waals surface area contributed by atoms with E-state index in [0.29, 0.717) is 12.3 Å². The molecular formula is C5H15AlO4P2. The van der Waals surface area contributed by atoms with Crippen molar-refractivity contribution in [2.24, 2.45) is 0 Å². The van der Waals surface area contributed by atoms with Crippen LogP contribution in [0.15, 0.2) is 0 Å². The number of rotatable bonds is 2. The van der Waals surface area contributed by atoms with E-state index in [9.17, 15) is 18.9 Å². The second kappa shape index (κ2) is 17.9. The molecule has 2 unspecified atom stereocenters. The van der Waals surface area contributed by atoms with Crippen LogP contribution in [0.5, 0.6) is 0 Å². The second-order valence-electron chi connectivity index (χ2n) is 1.45. The molecule has 72 valence electrons. The minimum absolute atomic E-state index is 0.296. The number of hydrogen-bond donors (Lipinski definition) is 0. The number of hydrogen-bond acceptors (Lipinski definition) is 4. The molecule has 0 bridgehead atoms. The van der Waals surface area contributed by atoms with E-state index in [4.69, 9.17) is 0 Å². The molecule has 0 radical (unpaired) electrons. The third-order valence-electron chi connectivity index (χ3n) is 0.577. The summed E-state index contributed by atoms with van der Waals surface area (Å²) in [5.41, 5.74) is 0. The molecule has 0 aliphatic heterocycles. The van der Waals surface area contributed by atoms with E-state index in [2.05, 4.69) is 16.3 Å². The Morgan fingerprint density at radius 2 is 1.08 bits per heavy atom. The van der Waals surface area contributed by atoms with Gasteiger partial charge in [-0.25, -0.2) is 0 Å². The quantitative estimate of drug-likeness (QED) is 0.487. The summed E-state index contributed by atoms with van der Waals surface area (Å²) in [5.74, 6) is 1.92. The van der Waals surface area contributed by atoms with Crippen LogP contribution in [-0.4, -0.2) is 28.6 Å². The Bertz CT molecular complexity index is 106. The van der Waals surface area contributed by atoms with Crippen LogP contribution in [0, 0.1) is 0 Å². The van der Waals surface area contributed by atoms with Gasteiger partial charge in [0.25, 0.3) is 0 Å². The summed E-state index contributed by atoms with van der Waals surface area (Å²) in [4.78, 5) is 18.9. The third kappa shape index (κ3) is 44.4. The van der Waals surface area contributed by atoms with Gasteiger partial charge in [0.05, 0.1) is 0 Å². The van der Waals surface area contributed by atoms with Crippen molar-refractivity contribution in [1.82, 2.24) is 0 Å². The summed E-state index contributed by atoms with van der Waals surface area (Å²) < 4.78 is 18.9. The van der Waals surface area contributed by atoms with Crippen LogP contribution in [0.2, 0.25) is 5.79 Å². The van der Waals surface area contributed by atoms with Gasteiger partial charge in [-0.05, 0) is 12.3 Å². The molecule has 0 rings (SSSR count). The fraction of sp³-hybridized carbons (Fsp3) is 1.00. The SMILES string of the molecule is CC[PH](=O)[O-].CC[PH](=O)[O-].[CH3][Al+2]. The van der Waals surface area contributed by atoms with Gasteiger partial charge >= 0.3 is 22.1 Å². The van der Waals surface area contributed by atoms with Gasteiger partial charge in [-0.1, -0.05) is 13.8 Å². The van der Waals surface area contributed by atoms with Gasteiger partial charge < -0.3 is 18.9 Å². The first-order valence-corrected chi connectivity index (χ1v) is 7.72. The fourth-order valence-electron chi connectivity index (χ4n) is 0. The second-order valence-corrected chi connectivity index (χ2v) is 4.35. The van der Waals surface area contributed by atoms with Gasteiger partial charge in [-0.3, -0.25) is 0 Å². The topological polar surface area (TPSA) is 80.3 Å². The average Bonchev–Trinajstić information content (AvgIpc) is 2.09. The van der Waals surface area contributed by atoms with Crippen LogP contribution in [0.1, 0.15) is 13.8 Å². The summed E-state index contributed by atoms with van der Waals surface area (Å²) in [6.07, 6.45) is 0.593. The Morgan fingerprint density at radius 3 is 1.08 bits per heavy atom. The van der Waals surface area contributed by atoms with Gasteiger partial charge in [-0.15, -0.1) is 0 Å². The predicted octanol–water partition coefficient (Wildman–Crippen LogP) is -0.114. The summed E-state index contributed by atoms with van der Waals surface area (Å²) in [7, 11) is -4.75. The predicted molar refractivity (Wildman–Crippen MR) is 50.7 cm³/mol. The van der Waals surface area contributed by atoms with Crippen molar-refractivity contribution in [3.8, 4) is 0 Å². The van der Waals surface area contributed by atoms with Gasteiger partial charge in [0, 0.05) is 16.1 Å². The monoisotopic (exact) mass is 228 g/mol. The molecule has 0 spiro atoms. The Labute approximate surface area is 83.5 Å². The molecule has 0 amide bonds. The van der Waals surface area contributed by atoms with Crippen LogP contribution in [-0.2, 0) is 9.13 Å². The van der Waals surface area contributed by atoms with Gasteiger partial charge in [-0.2, -0.15) is 0 Å². The van der Waals surface area contributed by atoms with Gasteiger partial charge in [0.2, 0.25) is 0 Å². The van der Waals surface area contributed by atoms with E-state index in [0.717, 1.165) is 0 Å². The summed E-state index contributed by atoms with van der Waals surface area (Å²) in [6, 6.07) is 0. The van der Waals surface area contributed by atoms with Crippen molar-refractivity contribution >= 4 is 32.3 Å². The molecule has 4 nitrogen and oxygen atoms in total. The zero-order chi connectivity index (χ0) is 10.6. The molecule has 0 aliphatic carbocycles. The van der Waals surface area contributed by atoms with E-state index in [-0.39, 0.29) is 0 Å². The van der Waals surface area contributed by atoms with Crippen LogP contribution in [0.25, 0.3) is 0 Å². The molecule has 0 saturated carbocycles. The Balaban J connectivity index is -0.000000112. The molecule has 7 heteroatoms. The van der Waals surface area contributed by atoms with Crippen LogP contribution >= 0.6 is 16.1 Å². The molecule has 0 N–H and O–H groups in total. The molecule has 0 aromatic heterocycles. The van der Waals surface area contributed by atoms with E-state index in [1.807, 2.05) is 5.79 Å². The van der Waals surface area contributed by atoms with Crippen molar-refractivity contribution in [3.63, 3.8) is 0 Å². The molecule has 0 fully saturated rings. The van der Waals surface area contributed by atoms with E-state index in [1.54, 1.807) is 13.8 Å². The first-order valence-electron chi connectivity index (χ1n) is 3.52. The van der Waals surface area contributed by atoms with Crippen LogP contribution < -0.4 is 9.79 Å². The van der Waals surface area contributed by atoms with E-state index in [1.165, 1.54) is 0 Å². The Hall–Kier alpha value is 0.912. The zero-order valence-corrected chi connectivity index (χ0v) is 10.8. The van der Waals surface area contributed by atoms with Crippen LogP contribution in [0.3, 0.4) is 0 Å². The van der Waals surface area contributed by atoms with E-state index >= 15 is 0 Å². The molecule has 0 aromatic carbocycles. The van der Waals surface area contributed by atoms with Crippen molar-refractivity contribution in [3.05, 3.63) is 0 Å². The fourth-order valence-corrected chi connectivity index (χ4v) is 0. The summed E-state index contributed by atoms with van der Waals surface area (Å²) >= 11 is 2.42. The van der Waals surface area contributed by atoms with Crippen molar-refractivity contribution < 1.29 is 18.9 Å². The van der Waals surface area contributed by atoms with E-state index < -0.39 is 16.1 Å². The Morgan fingerprint density at radius 1 is 1.00 bits per heavy atom. The molecular weight excluding hydrogens is 213 g/mol. The normalized spacial score (nSPS) is 12.9. The van der Waals surface area contributed by atoms with Gasteiger partial charge in [0.15, 0.2) is 0 Å².